The van der Waals surface area contributed by atoms with Gasteiger partial charge in [-0.3, -0.25) is 9.89 Å². The van der Waals surface area contributed by atoms with Crippen LogP contribution in [0.4, 0.5) is 0 Å². The average molecular weight is 368 g/mol. The first-order chi connectivity index (χ1) is 13.2. The number of aromatic nitrogens is 3. The molecule has 1 aromatic carbocycles. The van der Waals surface area contributed by atoms with Crippen LogP contribution in [0.15, 0.2) is 30.6 Å². The first-order valence-electron chi connectivity index (χ1n) is 10.1. The maximum Gasteiger partial charge on any atom is 0.254 e. The molecule has 1 atom stereocenters. The predicted molar refractivity (Wildman–Crippen MR) is 103 cm³/mol. The fraction of sp³-hybridized carbons (Fsp3) is 0.571. The summed E-state index contributed by atoms with van der Waals surface area (Å²) in [6, 6.07) is 7.98. The fourth-order valence-electron chi connectivity index (χ4n) is 4.24. The molecule has 6 heteroatoms. The van der Waals surface area contributed by atoms with Crippen molar-refractivity contribution in [2.75, 3.05) is 13.2 Å². The highest BCUT2D eigenvalue weighted by molar-refractivity contribution is 5.95. The molecule has 1 aromatic heterocycles. The molecule has 0 bridgehead atoms. The molecule has 1 saturated carbocycles. The van der Waals surface area contributed by atoms with E-state index >= 15 is 0 Å². The van der Waals surface area contributed by atoms with Crippen molar-refractivity contribution >= 4 is 5.91 Å². The van der Waals surface area contributed by atoms with E-state index in [2.05, 4.69) is 27.0 Å². The standard InChI is InChI=1S/C21H28N4O2/c1-15-4-10-18(11-5-15)25(13-19-3-2-12-27-19)21(26)17-8-6-16(7-9-17)20-22-14-23-24-20/h6-9,14-15,18-19H,2-5,10-13H2,1H3,(H,22,23,24). The van der Waals surface area contributed by atoms with Crippen LogP contribution in [-0.4, -0.2) is 51.3 Å². The van der Waals surface area contributed by atoms with E-state index in [1.54, 1.807) is 0 Å². The van der Waals surface area contributed by atoms with E-state index in [-0.39, 0.29) is 12.0 Å². The summed E-state index contributed by atoms with van der Waals surface area (Å²) in [5.74, 6) is 1.60. The van der Waals surface area contributed by atoms with Gasteiger partial charge in [0, 0.05) is 30.3 Å². The molecule has 1 aliphatic carbocycles. The molecule has 144 valence electrons. The van der Waals surface area contributed by atoms with Crippen molar-refractivity contribution in [2.24, 2.45) is 5.92 Å². The second-order valence-corrected chi connectivity index (χ2v) is 7.92. The number of nitrogens with one attached hydrogen (secondary N) is 1. The van der Waals surface area contributed by atoms with Crippen molar-refractivity contribution in [3.05, 3.63) is 36.2 Å². The molecule has 2 aliphatic rings. The van der Waals surface area contributed by atoms with Gasteiger partial charge in [-0.15, -0.1) is 0 Å². The fourth-order valence-corrected chi connectivity index (χ4v) is 4.24. The van der Waals surface area contributed by atoms with E-state index in [1.807, 2.05) is 24.3 Å². The quantitative estimate of drug-likeness (QED) is 0.874. The van der Waals surface area contributed by atoms with E-state index in [4.69, 9.17) is 4.74 Å². The molecule has 1 saturated heterocycles. The van der Waals surface area contributed by atoms with Crippen molar-refractivity contribution < 1.29 is 9.53 Å². The number of benzene rings is 1. The van der Waals surface area contributed by atoms with Crippen molar-refractivity contribution in [2.45, 2.75) is 57.6 Å². The van der Waals surface area contributed by atoms with Gasteiger partial charge < -0.3 is 9.64 Å². The summed E-state index contributed by atoms with van der Waals surface area (Å²) in [6.45, 7) is 3.84. The van der Waals surface area contributed by atoms with E-state index in [9.17, 15) is 4.79 Å². The van der Waals surface area contributed by atoms with E-state index in [1.165, 1.54) is 19.2 Å². The van der Waals surface area contributed by atoms with E-state index in [0.717, 1.165) is 49.3 Å². The lowest BCUT2D eigenvalue weighted by Gasteiger charge is -2.37. The Bertz CT molecular complexity index is 730. The minimum Gasteiger partial charge on any atom is -0.376 e. The third-order valence-electron chi connectivity index (χ3n) is 5.93. The second-order valence-electron chi connectivity index (χ2n) is 7.92. The SMILES string of the molecule is CC1CCC(N(CC2CCCO2)C(=O)c2ccc(-c3ncn[nH]3)cc2)CC1. The zero-order valence-corrected chi connectivity index (χ0v) is 15.9. The highest BCUT2D eigenvalue weighted by Gasteiger charge is 2.31. The Hall–Kier alpha value is -2.21. The summed E-state index contributed by atoms with van der Waals surface area (Å²) in [7, 11) is 0. The monoisotopic (exact) mass is 368 g/mol. The molecule has 2 heterocycles. The maximum atomic E-state index is 13.3. The van der Waals surface area contributed by atoms with Gasteiger partial charge in [-0.2, -0.15) is 5.10 Å². The summed E-state index contributed by atoms with van der Waals surface area (Å²) >= 11 is 0. The molecule has 6 nitrogen and oxygen atoms in total. The minimum absolute atomic E-state index is 0.120. The lowest BCUT2D eigenvalue weighted by molar-refractivity contribution is 0.0341. The summed E-state index contributed by atoms with van der Waals surface area (Å²) in [4.78, 5) is 19.6. The second kappa shape index (κ2) is 8.21. The topological polar surface area (TPSA) is 71.1 Å². The van der Waals surface area contributed by atoms with Crippen LogP contribution in [-0.2, 0) is 4.74 Å². The van der Waals surface area contributed by atoms with Crippen LogP contribution in [0.5, 0.6) is 0 Å². The Morgan fingerprint density at radius 3 is 2.59 bits per heavy atom. The van der Waals surface area contributed by atoms with Crippen LogP contribution in [0.25, 0.3) is 11.4 Å². The zero-order valence-electron chi connectivity index (χ0n) is 15.9. The van der Waals surface area contributed by atoms with Crippen molar-refractivity contribution in [1.82, 2.24) is 20.1 Å². The molecule has 4 rings (SSSR count). The number of amides is 1. The summed E-state index contributed by atoms with van der Waals surface area (Å²) in [5, 5.41) is 6.74. The number of carbonyl (C=O) groups is 1. The van der Waals surface area contributed by atoms with Gasteiger partial charge in [-0.25, -0.2) is 4.98 Å². The molecule has 1 aliphatic heterocycles. The molecular formula is C21H28N4O2. The maximum absolute atomic E-state index is 13.3. The molecule has 1 N–H and O–H groups in total. The Labute approximate surface area is 160 Å². The van der Waals surface area contributed by atoms with Gasteiger partial charge in [0.05, 0.1) is 6.10 Å². The third-order valence-corrected chi connectivity index (χ3v) is 5.93. The Morgan fingerprint density at radius 2 is 1.96 bits per heavy atom. The van der Waals surface area contributed by atoms with Gasteiger partial charge >= 0.3 is 0 Å². The average Bonchev–Trinajstić information content (AvgIpc) is 3.41. The Kier molecular flexibility index (Phi) is 5.53. The number of hydrogen-bond donors (Lipinski definition) is 1. The number of nitrogens with zero attached hydrogens (tertiary/aromatic N) is 3. The number of carbonyl (C=O) groups excluding carboxylic acids is 1. The van der Waals surface area contributed by atoms with Crippen LogP contribution in [0.1, 0.15) is 55.8 Å². The Balaban J connectivity index is 1.51. The summed E-state index contributed by atoms with van der Waals surface area (Å²) in [5.41, 5.74) is 1.66. The number of hydrogen-bond acceptors (Lipinski definition) is 4. The smallest absolute Gasteiger partial charge is 0.254 e. The van der Waals surface area contributed by atoms with Crippen LogP contribution in [0.3, 0.4) is 0 Å². The molecule has 0 radical (unpaired) electrons. The molecule has 1 unspecified atom stereocenters. The normalized spacial score (nSPS) is 25.4. The highest BCUT2D eigenvalue weighted by atomic mass is 16.5. The van der Waals surface area contributed by atoms with Crippen LogP contribution < -0.4 is 0 Å². The van der Waals surface area contributed by atoms with Crippen molar-refractivity contribution in [3.63, 3.8) is 0 Å². The largest absolute Gasteiger partial charge is 0.376 e. The Morgan fingerprint density at radius 1 is 1.19 bits per heavy atom. The zero-order chi connectivity index (χ0) is 18.6. The number of H-pyrrole nitrogens is 1. The van der Waals surface area contributed by atoms with Crippen molar-refractivity contribution in [1.29, 1.82) is 0 Å². The first kappa shape index (κ1) is 18.2. The summed E-state index contributed by atoms with van der Waals surface area (Å²) < 4.78 is 5.84. The molecule has 2 fully saturated rings. The van der Waals surface area contributed by atoms with Crippen LogP contribution in [0.2, 0.25) is 0 Å². The van der Waals surface area contributed by atoms with Gasteiger partial charge in [0.2, 0.25) is 0 Å². The highest BCUT2D eigenvalue weighted by Crippen LogP contribution is 2.29. The molecule has 0 spiro atoms. The number of ether oxygens (including phenoxy) is 1. The predicted octanol–water partition coefficient (Wildman–Crippen LogP) is 3.67. The molecule has 1 amide bonds. The van der Waals surface area contributed by atoms with Gasteiger partial charge in [-0.1, -0.05) is 19.1 Å². The third kappa shape index (κ3) is 4.21. The van der Waals surface area contributed by atoms with E-state index < -0.39 is 0 Å². The van der Waals surface area contributed by atoms with Crippen LogP contribution >= 0.6 is 0 Å². The van der Waals surface area contributed by atoms with Gasteiger partial charge in [-0.05, 0) is 56.6 Å². The number of aromatic amines is 1. The minimum atomic E-state index is 0.120. The van der Waals surface area contributed by atoms with Crippen molar-refractivity contribution in [3.8, 4) is 11.4 Å². The van der Waals surface area contributed by atoms with E-state index in [0.29, 0.717) is 18.4 Å². The van der Waals surface area contributed by atoms with Gasteiger partial charge in [0.1, 0.15) is 6.33 Å². The van der Waals surface area contributed by atoms with Gasteiger partial charge in [0.15, 0.2) is 5.82 Å². The number of rotatable bonds is 5. The summed E-state index contributed by atoms with van der Waals surface area (Å²) in [6.07, 6.45) is 8.40. The lowest BCUT2D eigenvalue weighted by Crippen LogP contribution is -2.46. The first-order valence-corrected chi connectivity index (χ1v) is 10.1. The van der Waals surface area contributed by atoms with Gasteiger partial charge in [0.25, 0.3) is 5.91 Å². The lowest BCUT2D eigenvalue weighted by atomic mass is 9.86. The molecular weight excluding hydrogens is 340 g/mol. The molecule has 27 heavy (non-hydrogen) atoms. The van der Waals surface area contributed by atoms with Crippen LogP contribution in [0, 0.1) is 5.92 Å². The molecule has 2 aromatic rings.